The molecule has 18 heavy (non-hydrogen) atoms. The molecule has 0 saturated carbocycles. The van der Waals surface area contributed by atoms with Crippen LogP contribution in [-0.2, 0) is 4.79 Å². The lowest BCUT2D eigenvalue weighted by Gasteiger charge is -2.17. The molecule has 1 aromatic heterocycles. The minimum atomic E-state index is 0.0262. The van der Waals surface area contributed by atoms with Gasteiger partial charge in [0.05, 0.1) is 0 Å². The van der Waals surface area contributed by atoms with Gasteiger partial charge < -0.3 is 5.11 Å². The van der Waals surface area contributed by atoms with E-state index in [0.29, 0.717) is 18.8 Å². The van der Waals surface area contributed by atoms with Crippen LogP contribution in [0.1, 0.15) is 6.42 Å². The third-order valence-corrected chi connectivity index (χ3v) is 3.37. The van der Waals surface area contributed by atoms with Crippen molar-refractivity contribution in [1.82, 2.24) is 4.98 Å². The molecule has 3 rings (SSSR count). The van der Waals surface area contributed by atoms with Crippen molar-refractivity contribution in [2.75, 3.05) is 18.1 Å². The van der Waals surface area contributed by atoms with Crippen molar-refractivity contribution in [2.24, 2.45) is 5.92 Å². The van der Waals surface area contributed by atoms with E-state index in [1.165, 1.54) is 0 Å². The Morgan fingerprint density at radius 3 is 2.94 bits per heavy atom. The zero-order valence-corrected chi connectivity index (χ0v) is 9.91. The summed E-state index contributed by atoms with van der Waals surface area (Å²) in [6.45, 7) is 0.601. The van der Waals surface area contributed by atoms with Crippen LogP contribution in [0.4, 0.5) is 5.82 Å². The van der Waals surface area contributed by atoms with E-state index in [1.807, 2.05) is 30.3 Å². The lowest BCUT2D eigenvalue weighted by atomic mass is 10.1. The van der Waals surface area contributed by atoms with Gasteiger partial charge in [-0.3, -0.25) is 9.69 Å². The molecule has 92 valence electrons. The van der Waals surface area contributed by atoms with E-state index >= 15 is 0 Å². The van der Waals surface area contributed by atoms with E-state index in [4.69, 9.17) is 5.11 Å². The summed E-state index contributed by atoms with van der Waals surface area (Å²) in [4.78, 5) is 18.0. The maximum absolute atomic E-state index is 12.0. The summed E-state index contributed by atoms with van der Waals surface area (Å²) < 4.78 is 0. The maximum atomic E-state index is 12.0. The van der Waals surface area contributed by atoms with E-state index in [-0.39, 0.29) is 18.4 Å². The second kappa shape index (κ2) is 4.38. The number of anilines is 1. The number of benzene rings is 1. The van der Waals surface area contributed by atoms with Crippen molar-refractivity contribution in [3.63, 3.8) is 0 Å². The largest absolute Gasteiger partial charge is 0.396 e. The smallest absolute Gasteiger partial charge is 0.228 e. The van der Waals surface area contributed by atoms with Crippen molar-refractivity contribution < 1.29 is 9.90 Å². The van der Waals surface area contributed by atoms with Crippen molar-refractivity contribution >= 4 is 22.5 Å². The first-order valence-electron chi connectivity index (χ1n) is 6.04. The highest BCUT2D eigenvalue weighted by molar-refractivity contribution is 6.03. The Balaban J connectivity index is 2.07. The molecule has 1 N–H and O–H groups in total. The Morgan fingerprint density at radius 2 is 2.17 bits per heavy atom. The van der Waals surface area contributed by atoms with Crippen LogP contribution >= 0.6 is 0 Å². The molecule has 1 amide bonds. The molecular formula is C14H14N2O2. The highest BCUT2D eigenvalue weighted by Crippen LogP contribution is 2.29. The van der Waals surface area contributed by atoms with Gasteiger partial charge in [0.1, 0.15) is 5.82 Å². The minimum absolute atomic E-state index is 0.0262. The lowest BCUT2D eigenvalue weighted by molar-refractivity contribution is -0.117. The van der Waals surface area contributed by atoms with Crippen LogP contribution in [0, 0.1) is 5.92 Å². The molecule has 1 atom stereocenters. The SMILES string of the molecule is O=C1CC(CO)CN1c1nccc2ccccc12. The van der Waals surface area contributed by atoms with Gasteiger partial charge in [0.2, 0.25) is 5.91 Å². The highest BCUT2D eigenvalue weighted by atomic mass is 16.3. The fourth-order valence-electron chi connectivity index (χ4n) is 2.43. The molecule has 0 aliphatic carbocycles. The Hall–Kier alpha value is -1.94. The van der Waals surface area contributed by atoms with E-state index in [2.05, 4.69) is 4.98 Å². The average molecular weight is 242 g/mol. The van der Waals surface area contributed by atoms with Gasteiger partial charge in [-0.25, -0.2) is 4.98 Å². The number of aromatic nitrogens is 1. The Labute approximate surface area is 105 Å². The number of aliphatic hydroxyl groups is 1. The lowest BCUT2D eigenvalue weighted by Crippen LogP contribution is -2.26. The topological polar surface area (TPSA) is 53.4 Å². The van der Waals surface area contributed by atoms with Gasteiger partial charge in [-0.15, -0.1) is 0 Å². The molecule has 1 aliphatic rings. The highest BCUT2D eigenvalue weighted by Gasteiger charge is 2.31. The Morgan fingerprint density at radius 1 is 1.33 bits per heavy atom. The summed E-state index contributed by atoms with van der Waals surface area (Å²) >= 11 is 0. The van der Waals surface area contributed by atoms with Crippen LogP contribution in [0.25, 0.3) is 10.8 Å². The number of nitrogens with zero attached hydrogens (tertiary/aromatic N) is 2. The Kier molecular flexibility index (Phi) is 2.72. The van der Waals surface area contributed by atoms with Gasteiger partial charge in [-0.1, -0.05) is 24.3 Å². The van der Waals surface area contributed by atoms with Crippen molar-refractivity contribution in [3.05, 3.63) is 36.5 Å². The molecule has 4 nitrogen and oxygen atoms in total. The van der Waals surface area contributed by atoms with E-state index < -0.39 is 0 Å². The van der Waals surface area contributed by atoms with Crippen LogP contribution in [0.2, 0.25) is 0 Å². The predicted octanol–water partition coefficient (Wildman–Crippen LogP) is 1.58. The fourth-order valence-corrected chi connectivity index (χ4v) is 2.43. The number of carbonyl (C=O) groups excluding carboxylic acids is 1. The van der Waals surface area contributed by atoms with Crippen LogP contribution in [0.3, 0.4) is 0 Å². The standard InChI is InChI=1S/C14H14N2O2/c17-9-10-7-13(18)16(8-10)14-12-4-2-1-3-11(12)5-6-15-14/h1-6,10,17H,7-9H2. The number of rotatable bonds is 2. The first-order chi connectivity index (χ1) is 8.79. The van der Waals surface area contributed by atoms with Crippen LogP contribution < -0.4 is 4.90 Å². The van der Waals surface area contributed by atoms with Gasteiger partial charge in [-0.05, 0) is 11.5 Å². The van der Waals surface area contributed by atoms with Gasteiger partial charge in [-0.2, -0.15) is 0 Å². The van der Waals surface area contributed by atoms with Crippen LogP contribution in [-0.4, -0.2) is 29.1 Å². The second-order valence-electron chi connectivity index (χ2n) is 4.61. The van der Waals surface area contributed by atoms with Crippen LogP contribution in [0.15, 0.2) is 36.5 Å². The summed E-state index contributed by atoms with van der Waals surface area (Å²) in [6, 6.07) is 9.82. The first kappa shape index (κ1) is 11.2. The van der Waals surface area contributed by atoms with Crippen LogP contribution in [0.5, 0.6) is 0 Å². The number of hydrogen-bond acceptors (Lipinski definition) is 3. The summed E-state index contributed by atoms with van der Waals surface area (Å²) in [5, 5.41) is 11.2. The third kappa shape index (κ3) is 1.75. The summed E-state index contributed by atoms with van der Waals surface area (Å²) in [6.07, 6.45) is 2.12. The number of carbonyl (C=O) groups is 1. The molecule has 0 spiro atoms. The molecule has 2 aromatic rings. The number of fused-ring (bicyclic) bond motifs is 1. The monoisotopic (exact) mass is 242 g/mol. The minimum Gasteiger partial charge on any atom is -0.396 e. The molecule has 1 aliphatic heterocycles. The van der Waals surface area contributed by atoms with E-state index in [9.17, 15) is 4.79 Å². The van der Waals surface area contributed by atoms with Gasteiger partial charge in [0.25, 0.3) is 0 Å². The Bertz CT molecular complexity index is 592. The fraction of sp³-hybridized carbons (Fsp3) is 0.286. The predicted molar refractivity (Wildman–Crippen MR) is 69.3 cm³/mol. The zero-order valence-electron chi connectivity index (χ0n) is 9.91. The molecule has 1 unspecified atom stereocenters. The summed E-state index contributed by atoms with van der Waals surface area (Å²) in [5.74, 6) is 0.769. The van der Waals surface area contributed by atoms with Gasteiger partial charge >= 0.3 is 0 Å². The molecule has 1 aromatic carbocycles. The van der Waals surface area contributed by atoms with Crippen molar-refractivity contribution in [2.45, 2.75) is 6.42 Å². The maximum Gasteiger partial charge on any atom is 0.228 e. The van der Waals surface area contributed by atoms with E-state index in [1.54, 1.807) is 11.1 Å². The molecule has 2 heterocycles. The zero-order chi connectivity index (χ0) is 12.5. The van der Waals surface area contributed by atoms with Crippen molar-refractivity contribution in [1.29, 1.82) is 0 Å². The second-order valence-corrected chi connectivity index (χ2v) is 4.61. The number of hydrogen-bond donors (Lipinski definition) is 1. The molecule has 0 radical (unpaired) electrons. The van der Waals surface area contributed by atoms with Gasteiger partial charge in [0, 0.05) is 37.1 Å². The third-order valence-electron chi connectivity index (χ3n) is 3.37. The number of pyridine rings is 1. The molecule has 1 fully saturated rings. The normalized spacial score (nSPS) is 19.7. The first-order valence-corrected chi connectivity index (χ1v) is 6.04. The molecule has 1 saturated heterocycles. The van der Waals surface area contributed by atoms with E-state index in [0.717, 1.165) is 10.8 Å². The molecular weight excluding hydrogens is 228 g/mol. The van der Waals surface area contributed by atoms with Crippen molar-refractivity contribution in [3.8, 4) is 0 Å². The average Bonchev–Trinajstić information content (AvgIpc) is 2.79. The summed E-state index contributed by atoms with van der Waals surface area (Å²) in [5.41, 5.74) is 0. The summed E-state index contributed by atoms with van der Waals surface area (Å²) in [7, 11) is 0. The number of aliphatic hydroxyl groups excluding tert-OH is 1. The quantitative estimate of drug-likeness (QED) is 0.870. The number of amides is 1. The molecule has 4 heteroatoms. The molecule has 0 bridgehead atoms. The van der Waals surface area contributed by atoms with Gasteiger partial charge in [0.15, 0.2) is 0 Å².